The summed E-state index contributed by atoms with van der Waals surface area (Å²) in [7, 11) is 1.34. The minimum atomic E-state index is -0.428. The summed E-state index contributed by atoms with van der Waals surface area (Å²) in [5.41, 5.74) is 1.11. The number of hydrogen-bond donors (Lipinski definition) is 0. The molecule has 0 saturated heterocycles. The number of nitrogens with zero attached hydrogens (tertiary/aromatic N) is 2. The third-order valence-corrected chi connectivity index (χ3v) is 3.62. The highest BCUT2D eigenvalue weighted by molar-refractivity contribution is 7.13. The molecular weight excluding hydrogens is 260 g/mol. The van der Waals surface area contributed by atoms with Gasteiger partial charge in [0.15, 0.2) is 5.69 Å². The lowest BCUT2D eigenvalue weighted by atomic mass is 10.1. The second-order valence-electron chi connectivity index (χ2n) is 3.91. The zero-order chi connectivity index (χ0) is 13.2. The Labute approximate surface area is 113 Å². The Morgan fingerprint density at radius 3 is 2.95 bits per heavy atom. The van der Waals surface area contributed by atoms with Gasteiger partial charge in [0.05, 0.1) is 7.11 Å². The number of carbonyl (C=O) groups excluding carboxylic acids is 1. The largest absolute Gasteiger partial charge is 0.464 e. The molecule has 0 saturated carbocycles. The molecule has 0 N–H and O–H groups in total. The fourth-order valence-corrected chi connectivity index (χ4v) is 2.67. The van der Waals surface area contributed by atoms with Crippen LogP contribution in [0.3, 0.4) is 0 Å². The molecule has 3 aromatic rings. The van der Waals surface area contributed by atoms with Crippen molar-refractivity contribution in [2.75, 3.05) is 7.11 Å². The fourth-order valence-electron chi connectivity index (χ4n) is 1.87. The van der Waals surface area contributed by atoms with E-state index in [1.165, 1.54) is 18.4 Å². The standard InChI is InChI=1S/C14H10N2O2S/c1-18-14(17)11-8-19-13(16-11)12-10-5-3-2-4-9(10)6-7-15-12/h2-8H,1H3. The normalized spacial score (nSPS) is 10.6. The van der Waals surface area contributed by atoms with Gasteiger partial charge in [-0.25, -0.2) is 9.78 Å². The number of rotatable bonds is 2. The van der Waals surface area contributed by atoms with Crippen LogP contribution in [-0.4, -0.2) is 23.0 Å². The second kappa shape index (κ2) is 4.78. The van der Waals surface area contributed by atoms with Crippen molar-refractivity contribution in [3.63, 3.8) is 0 Å². The van der Waals surface area contributed by atoms with E-state index in [1.54, 1.807) is 11.6 Å². The first-order valence-electron chi connectivity index (χ1n) is 5.67. The maximum Gasteiger partial charge on any atom is 0.357 e. The minimum absolute atomic E-state index is 0.317. The average Bonchev–Trinajstić information content (AvgIpc) is 2.95. The molecule has 0 bridgehead atoms. The molecule has 0 radical (unpaired) electrons. The maximum absolute atomic E-state index is 11.4. The average molecular weight is 270 g/mol. The summed E-state index contributed by atoms with van der Waals surface area (Å²) in [6, 6.07) is 9.91. The van der Waals surface area contributed by atoms with Gasteiger partial charge < -0.3 is 4.74 Å². The van der Waals surface area contributed by atoms with Gasteiger partial charge in [-0.05, 0) is 11.5 Å². The third kappa shape index (κ3) is 2.08. The Balaban J connectivity index is 2.14. The van der Waals surface area contributed by atoms with E-state index >= 15 is 0 Å². The van der Waals surface area contributed by atoms with Gasteiger partial charge in [0.2, 0.25) is 0 Å². The van der Waals surface area contributed by atoms with Crippen molar-refractivity contribution in [3.05, 3.63) is 47.6 Å². The maximum atomic E-state index is 11.4. The lowest BCUT2D eigenvalue weighted by Gasteiger charge is -2.01. The van der Waals surface area contributed by atoms with Crippen LogP contribution in [-0.2, 0) is 4.74 Å². The highest BCUT2D eigenvalue weighted by Crippen LogP contribution is 2.28. The lowest BCUT2D eigenvalue weighted by Crippen LogP contribution is -2.01. The van der Waals surface area contributed by atoms with Gasteiger partial charge in [0.1, 0.15) is 10.7 Å². The Kier molecular flexibility index (Phi) is 2.97. The van der Waals surface area contributed by atoms with Crippen molar-refractivity contribution in [1.29, 1.82) is 0 Å². The number of methoxy groups -OCH3 is 1. The molecule has 0 unspecified atom stereocenters. The highest BCUT2D eigenvalue weighted by atomic mass is 32.1. The molecule has 3 rings (SSSR count). The van der Waals surface area contributed by atoms with Crippen LogP contribution in [0.5, 0.6) is 0 Å². The van der Waals surface area contributed by atoms with Crippen LogP contribution in [0.4, 0.5) is 0 Å². The summed E-state index contributed by atoms with van der Waals surface area (Å²) in [5, 5.41) is 4.53. The second-order valence-corrected chi connectivity index (χ2v) is 4.77. The van der Waals surface area contributed by atoms with Gasteiger partial charge in [-0.1, -0.05) is 24.3 Å². The van der Waals surface area contributed by atoms with Crippen LogP contribution < -0.4 is 0 Å². The number of thiazole rings is 1. The van der Waals surface area contributed by atoms with Gasteiger partial charge in [0.25, 0.3) is 0 Å². The first-order valence-corrected chi connectivity index (χ1v) is 6.55. The Morgan fingerprint density at radius 1 is 1.26 bits per heavy atom. The molecule has 94 valence electrons. The minimum Gasteiger partial charge on any atom is -0.464 e. The number of esters is 1. The van der Waals surface area contributed by atoms with Gasteiger partial charge in [0, 0.05) is 17.0 Å². The molecule has 0 fully saturated rings. The van der Waals surface area contributed by atoms with E-state index in [9.17, 15) is 4.79 Å². The molecular formula is C14H10N2O2S. The highest BCUT2D eigenvalue weighted by Gasteiger charge is 2.14. The molecule has 4 nitrogen and oxygen atoms in total. The lowest BCUT2D eigenvalue weighted by molar-refractivity contribution is 0.0595. The van der Waals surface area contributed by atoms with Crippen LogP contribution in [0.2, 0.25) is 0 Å². The Bertz CT molecular complexity index is 747. The first-order chi connectivity index (χ1) is 9.29. The molecule has 0 amide bonds. The van der Waals surface area contributed by atoms with Crippen LogP contribution in [0.25, 0.3) is 21.5 Å². The molecule has 0 aliphatic carbocycles. The van der Waals surface area contributed by atoms with Crippen molar-refractivity contribution in [2.45, 2.75) is 0 Å². The van der Waals surface area contributed by atoms with Crippen molar-refractivity contribution < 1.29 is 9.53 Å². The van der Waals surface area contributed by atoms with E-state index in [1.807, 2.05) is 30.3 Å². The van der Waals surface area contributed by atoms with Crippen LogP contribution in [0, 0.1) is 0 Å². The SMILES string of the molecule is COC(=O)c1csc(-c2nccc3ccccc23)n1. The van der Waals surface area contributed by atoms with Gasteiger partial charge in [-0.3, -0.25) is 4.98 Å². The van der Waals surface area contributed by atoms with Gasteiger partial charge >= 0.3 is 5.97 Å². The van der Waals surface area contributed by atoms with E-state index in [-0.39, 0.29) is 0 Å². The van der Waals surface area contributed by atoms with E-state index in [0.29, 0.717) is 5.69 Å². The summed E-state index contributed by atoms with van der Waals surface area (Å²) >= 11 is 1.39. The monoisotopic (exact) mass is 270 g/mol. The topological polar surface area (TPSA) is 52.1 Å². The predicted molar refractivity (Wildman–Crippen MR) is 74.2 cm³/mol. The zero-order valence-corrected chi connectivity index (χ0v) is 11.0. The van der Waals surface area contributed by atoms with Crippen LogP contribution >= 0.6 is 11.3 Å². The molecule has 2 aromatic heterocycles. The van der Waals surface area contributed by atoms with Crippen molar-refractivity contribution in [3.8, 4) is 10.7 Å². The predicted octanol–water partition coefficient (Wildman–Crippen LogP) is 3.14. The first kappa shape index (κ1) is 11.8. The summed E-state index contributed by atoms with van der Waals surface area (Å²) in [6.07, 6.45) is 1.75. The van der Waals surface area contributed by atoms with Gasteiger partial charge in [-0.15, -0.1) is 11.3 Å². The van der Waals surface area contributed by atoms with E-state index < -0.39 is 5.97 Å². The number of pyridine rings is 1. The third-order valence-electron chi connectivity index (χ3n) is 2.77. The number of carbonyl (C=O) groups is 1. The van der Waals surface area contributed by atoms with Crippen molar-refractivity contribution in [2.24, 2.45) is 0 Å². The quantitative estimate of drug-likeness (QED) is 0.671. The Hall–Kier alpha value is -2.27. The van der Waals surface area contributed by atoms with Crippen molar-refractivity contribution in [1.82, 2.24) is 9.97 Å². The molecule has 0 aliphatic rings. The smallest absolute Gasteiger partial charge is 0.357 e. The Morgan fingerprint density at radius 2 is 2.11 bits per heavy atom. The molecule has 0 atom stereocenters. The van der Waals surface area contributed by atoms with E-state index in [0.717, 1.165) is 21.5 Å². The summed E-state index contributed by atoms with van der Waals surface area (Å²) in [4.78, 5) is 20.1. The zero-order valence-electron chi connectivity index (χ0n) is 10.2. The molecule has 19 heavy (non-hydrogen) atoms. The van der Waals surface area contributed by atoms with Gasteiger partial charge in [-0.2, -0.15) is 0 Å². The number of hydrogen-bond acceptors (Lipinski definition) is 5. The molecule has 5 heteroatoms. The van der Waals surface area contributed by atoms with Crippen LogP contribution in [0.1, 0.15) is 10.5 Å². The van der Waals surface area contributed by atoms with E-state index in [4.69, 9.17) is 0 Å². The summed E-state index contributed by atoms with van der Waals surface area (Å²) in [5.74, 6) is -0.428. The van der Waals surface area contributed by atoms with E-state index in [2.05, 4.69) is 14.7 Å². The number of aromatic nitrogens is 2. The van der Waals surface area contributed by atoms with Crippen LogP contribution in [0.15, 0.2) is 41.9 Å². The molecule has 1 aromatic carbocycles. The number of ether oxygens (including phenoxy) is 1. The molecule has 2 heterocycles. The number of fused-ring (bicyclic) bond motifs is 1. The molecule has 0 spiro atoms. The number of benzene rings is 1. The summed E-state index contributed by atoms with van der Waals surface area (Å²) in [6.45, 7) is 0. The molecule has 0 aliphatic heterocycles. The van der Waals surface area contributed by atoms with Crippen molar-refractivity contribution >= 4 is 28.1 Å². The summed E-state index contributed by atoms with van der Waals surface area (Å²) < 4.78 is 4.66. The fraction of sp³-hybridized carbons (Fsp3) is 0.0714.